The number of ether oxygens (including phenoxy) is 2. The summed E-state index contributed by atoms with van der Waals surface area (Å²) in [5.74, 6) is -4.03. The minimum Gasteiger partial charge on any atom is -0.486 e. The van der Waals surface area contributed by atoms with E-state index < -0.39 is 23.3 Å². The second-order valence-corrected chi connectivity index (χ2v) is 6.53. The van der Waals surface area contributed by atoms with E-state index in [0.717, 1.165) is 0 Å². The largest absolute Gasteiger partial charge is 0.486 e. The third-order valence-electron chi connectivity index (χ3n) is 4.52. The summed E-state index contributed by atoms with van der Waals surface area (Å²) in [6.07, 6.45) is 0. The molecule has 3 rings (SSSR count). The predicted octanol–water partition coefficient (Wildman–Crippen LogP) is 6.33. The quantitative estimate of drug-likeness (QED) is 0.428. The molecular formula is C23H20F4O2. The average Bonchev–Trinajstić information content (AvgIpc) is 2.73. The molecule has 0 spiro atoms. The van der Waals surface area contributed by atoms with Crippen LogP contribution in [0.4, 0.5) is 17.6 Å². The average molecular weight is 404 g/mol. The molecule has 0 saturated heterocycles. The molecule has 152 valence electrons. The monoisotopic (exact) mass is 404 g/mol. The zero-order chi connectivity index (χ0) is 21.0. The van der Waals surface area contributed by atoms with Crippen molar-refractivity contribution in [2.75, 3.05) is 6.61 Å². The van der Waals surface area contributed by atoms with Gasteiger partial charge in [0.25, 0.3) is 0 Å². The Labute approximate surface area is 166 Å². The number of halogens is 4. The summed E-state index contributed by atoms with van der Waals surface area (Å²) in [4.78, 5) is 0. The van der Waals surface area contributed by atoms with Crippen molar-refractivity contribution in [1.82, 2.24) is 0 Å². The lowest BCUT2D eigenvalue weighted by Gasteiger charge is -2.11. The summed E-state index contributed by atoms with van der Waals surface area (Å²) < 4.78 is 66.6. The SMILES string of the molecule is CCOCc1ccc(-c2ccc(COc3ccc(C)c(F)c3F)cc2)c(F)c1F. The highest BCUT2D eigenvalue weighted by Crippen LogP contribution is 2.28. The van der Waals surface area contributed by atoms with E-state index in [9.17, 15) is 17.6 Å². The van der Waals surface area contributed by atoms with Crippen molar-refractivity contribution in [3.8, 4) is 16.9 Å². The van der Waals surface area contributed by atoms with Gasteiger partial charge in [-0.2, -0.15) is 4.39 Å². The predicted molar refractivity (Wildman–Crippen MR) is 103 cm³/mol. The third kappa shape index (κ3) is 4.59. The second kappa shape index (κ2) is 9.09. The molecule has 0 aromatic heterocycles. The third-order valence-corrected chi connectivity index (χ3v) is 4.52. The number of hydrogen-bond acceptors (Lipinski definition) is 2. The van der Waals surface area contributed by atoms with Gasteiger partial charge in [-0.25, -0.2) is 13.2 Å². The van der Waals surface area contributed by atoms with Crippen LogP contribution in [-0.2, 0) is 18.0 Å². The summed E-state index contributed by atoms with van der Waals surface area (Å²) >= 11 is 0. The maximum absolute atomic E-state index is 14.4. The fourth-order valence-electron chi connectivity index (χ4n) is 2.82. The molecule has 3 aromatic rings. The molecule has 0 aliphatic heterocycles. The Morgan fingerprint density at radius 3 is 2.14 bits per heavy atom. The molecule has 3 aromatic carbocycles. The van der Waals surface area contributed by atoms with Crippen LogP contribution in [-0.4, -0.2) is 6.61 Å². The van der Waals surface area contributed by atoms with E-state index in [1.165, 1.54) is 31.2 Å². The molecule has 0 unspecified atom stereocenters. The topological polar surface area (TPSA) is 18.5 Å². The number of rotatable bonds is 7. The van der Waals surface area contributed by atoms with Gasteiger partial charge in [0.1, 0.15) is 6.61 Å². The Hall–Kier alpha value is -2.86. The van der Waals surface area contributed by atoms with Gasteiger partial charge in [0, 0.05) is 17.7 Å². The first-order chi connectivity index (χ1) is 13.9. The minimum absolute atomic E-state index is 0.00381. The molecule has 0 fully saturated rings. The molecule has 0 bridgehead atoms. The molecule has 6 heteroatoms. The highest BCUT2D eigenvalue weighted by atomic mass is 19.2. The van der Waals surface area contributed by atoms with Crippen LogP contribution in [0.1, 0.15) is 23.6 Å². The highest BCUT2D eigenvalue weighted by molar-refractivity contribution is 5.65. The smallest absolute Gasteiger partial charge is 0.200 e. The molecule has 29 heavy (non-hydrogen) atoms. The summed E-state index contributed by atoms with van der Waals surface area (Å²) in [6, 6.07) is 12.3. The fourth-order valence-corrected chi connectivity index (χ4v) is 2.82. The first-order valence-corrected chi connectivity index (χ1v) is 9.13. The van der Waals surface area contributed by atoms with Crippen LogP contribution >= 0.6 is 0 Å². The number of aryl methyl sites for hydroxylation is 1. The van der Waals surface area contributed by atoms with Crippen LogP contribution in [0.5, 0.6) is 5.75 Å². The number of benzene rings is 3. The Kier molecular flexibility index (Phi) is 6.54. The van der Waals surface area contributed by atoms with E-state index in [1.807, 2.05) is 0 Å². The Bertz CT molecular complexity index is 1000. The lowest BCUT2D eigenvalue weighted by Crippen LogP contribution is -2.01. The highest BCUT2D eigenvalue weighted by Gasteiger charge is 2.15. The van der Waals surface area contributed by atoms with Crippen molar-refractivity contribution in [1.29, 1.82) is 0 Å². The van der Waals surface area contributed by atoms with Gasteiger partial charge in [-0.1, -0.05) is 42.5 Å². The van der Waals surface area contributed by atoms with Crippen molar-refractivity contribution in [2.45, 2.75) is 27.1 Å². The standard InChI is InChI=1S/C23H20F4O2/c1-3-28-13-17-9-10-18(22(26)21(17)25)16-7-5-15(6-8-16)12-29-19-11-4-14(2)20(24)23(19)27/h4-11H,3,12-13H2,1-2H3. The van der Waals surface area contributed by atoms with Gasteiger partial charge in [0.15, 0.2) is 23.2 Å². The van der Waals surface area contributed by atoms with Crippen molar-refractivity contribution in [3.63, 3.8) is 0 Å². The van der Waals surface area contributed by atoms with Crippen molar-refractivity contribution < 1.29 is 27.0 Å². The van der Waals surface area contributed by atoms with Gasteiger partial charge in [0.05, 0.1) is 6.61 Å². The summed E-state index contributed by atoms with van der Waals surface area (Å²) in [5, 5.41) is 0. The molecule has 0 amide bonds. The van der Waals surface area contributed by atoms with E-state index in [-0.39, 0.29) is 35.7 Å². The normalized spacial score (nSPS) is 11.0. The molecule has 0 atom stereocenters. The van der Waals surface area contributed by atoms with Crippen LogP contribution in [0, 0.1) is 30.2 Å². The van der Waals surface area contributed by atoms with Gasteiger partial charge in [-0.05, 0) is 36.6 Å². The van der Waals surface area contributed by atoms with Gasteiger partial charge in [-0.15, -0.1) is 0 Å². The van der Waals surface area contributed by atoms with Gasteiger partial charge < -0.3 is 9.47 Å². The molecular weight excluding hydrogens is 384 g/mol. The summed E-state index contributed by atoms with van der Waals surface area (Å²) in [6.45, 7) is 3.66. The van der Waals surface area contributed by atoms with E-state index in [4.69, 9.17) is 9.47 Å². The first-order valence-electron chi connectivity index (χ1n) is 9.13. The molecule has 0 radical (unpaired) electrons. The lowest BCUT2D eigenvalue weighted by atomic mass is 10.0. The van der Waals surface area contributed by atoms with Crippen LogP contribution in [0.25, 0.3) is 11.1 Å². The molecule has 0 aliphatic carbocycles. The molecule has 2 nitrogen and oxygen atoms in total. The summed E-state index contributed by atoms with van der Waals surface area (Å²) in [5.41, 5.74) is 1.64. The Morgan fingerprint density at radius 1 is 0.724 bits per heavy atom. The zero-order valence-corrected chi connectivity index (χ0v) is 16.1. The van der Waals surface area contributed by atoms with Crippen molar-refractivity contribution >= 4 is 0 Å². The fraction of sp³-hybridized carbons (Fsp3) is 0.217. The van der Waals surface area contributed by atoms with Gasteiger partial charge in [-0.3, -0.25) is 0 Å². The molecule has 0 saturated carbocycles. The minimum atomic E-state index is -1.04. The maximum Gasteiger partial charge on any atom is 0.200 e. The molecule has 0 N–H and O–H groups in total. The van der Waals surface area contributed by atoms with Crippen LogP contribution in [0.3, 0.4) is 0 Å². The van der Waals surface area contributed by atoms with Crippen molar-refractivity contribution in [3.05, 3.63) is 88.5 Å². The summed E-state index contributed by atoms with van der Waals surface area (Å²) in [7, 11) is 0. The van der Waals surface area contributed by atoms with E-state index in [2.05, 4.69) is 0 Å². The van der Waals surface area contributed by atoms with Gasteiger partial charge >= 0.3 is 0 Å². The Balaban J connectivity index is 1.74. The first kappa shape index (κ1) is 20.9. The molecule has 0 heterocycles. The van der Waals surface area contributed by atoms with E-state index >= 15 is 0 Å². The lowest BCUT2D eigenvalue weighted by molar-refractivity contribution is 0.131. The van der Waals surface area contributed by atoms with E-state index in [0.29, 0.717) is 17.7 Å². The van der Waals surface area contributed by atoms with Crippen LogP contribution in [0.15, 0.2) is 48.5 Å². The van der Waals surface area contributed by atoms with Crippen LogP contribution in [0.2, 0.25) is 0 Å². The second-order valence-electron chi connectivity index (χ2n) is 6.53. The molecule has 0 aliphatic rings. The number of hydrogen-bond donors (Lipinski definition) is 0. The van der Waals surface area contributed by atoms with Gasteiger partial charge in [0.2, 0.25) is 5.82 Å². The maximum atomic E-state index is 14.4. The zero-order valence-electron chi connectivity index (χ0n) is 16.1. The van der Waals surface area contributed by atoms with Crippen LogP contribution < -0.4 is 4.74 Å². The van der Waals surface area contributed by atoms with E-state index in [1.54, 1.807) is 31.2 Å². The van der Waals surface area contributed by atoms with Crippen molar-refractivity contribution in [2.24, 2.45) is 0 Å². The Morgan fingerprint density at radius 2 is 1.45 bits per heavy atom.